The van der Waals surface area contributed by atoms with Crippen molar-refractivity contribution in [1.82, 2.24) is 0 Å². The SMILES string of the molecule is [2H]c1c([2H])c(-c2c3ccccc3c(-c3cccc4oc5ccccc5c34)c3ccccc23)c([2H])c([2H])c1-c1c([2H])c([2H])c2c([2H])c([2H])c([2H])c([2H])c2c1[2H]. The molecule has 0 atom stereocenters. The fourth-order valence-corrected chi connectivity index (χ4v) is 6.14. The van der Waals surface area contributed by atoms with Gasteiger partial charge in [0.1, 0.15) is 11.2 Å². The molecule has 0 fully saturated rings. The van der Waals surface area contributed by atoms with E-state index in [0.717, 1.165) is 43.8 Å². The second-order valence-corrected chi connectivity index (χ2v) is 10.4. The molecular formula is C42H26O. The molecule has 8 aromatic carbocycles. The number of fused-ring (bicyclic) bond motifs is 6. The Balaban J connectivity index is 1.38. The van der Waals surface area contributed by atoms with E-state index in [9.17, 15) is 5.48 Å². The zero-order chi connectivity index (χ0) is 37.9. The number of hydrogen-bond acceptors (Lipinski definition) is 1. The smallest absolute Gasteiger partial charge is 0.136 e. The minimum Gasteiger partial charge on any atom is -0.456 e. The number of furan rings is 1. The molecule has 0 aliphatic heterocycles. The van der Waals surface area contributed by atoms with Gasteiger partial charge in [-0.15, -0.1) is 0 Å². The molecule has 0 unspecified atom stereocenters. The van der Waals surface area contributed by atoms with E-state index in [4.69, 9.17) is 14.0 Å². The Morgan fingerprint density at radius 2 is 0.977 bits per heavy atom. The largest absolute Gasteiger partial charge is 0.456 e. The fraction of sp³-hybridized carbons (Fsp3) is 0. The van der Waals surface area contributed by atoms with Crippen LogP contribution >= 0.6 is 0 Å². The molecule has 0 amide bonds. The van der Waals surface area contributed by atoms with Crippen molar-refractivity contribution in [2.45, 2.75) is 0 Å². The van der Waals surface area contributed by atoms with Gasteiger partial charge in [-0.2, -0.15) is 0 Å². The van der Waals surface area contributed by atoms with Gasteiger partial charge in [-0.3, -0.25) is 0 Å². The maximum Gasteiger partial charge on any atom is 0.136 e. The summed E-state index contributed by atoms with van der Waals surface area (Å²) in [4.78, 5) is 0. The van der Waals surface area contributed by atoms with Crippen LogP contribution in [0, 0.1) is 0 Å². The molecule has 0 spiro atoms. The highest BCUT2D eigenvalue weighted by Crippen LogP contribution is 2.46. The van der Waals surface area contributed by atoms with E-state index >= 15 is 0 Å². The zero-order valence-corrected chi connectivity index (χ0v) is 22.6. The van der Waals surface area contributed by atoms with Crippen molar-refractivity contribution >= 4 is 54.3 Å². The van der Waals surface area contributed by atoms with Crippen LogP contribution in [0.1, 0.15) is 15.1 Å². The molecule has 9 aromatic rings. The van der Waals surface area contributed by atoms with E-state index in [1.807, 2.05) is 91.0 Å². The van der Waals surface area contributed by atoms with Gasteiger partial charge in [0.05, 0.1) is 15.1 Å². The summed E-state index contributed by atoms with van der Waals surface area (Å²) in [6.45, 7) is 0. The second kappa shape index (κ2) is 9.44. The second-order valence-electron chi connectivity index (χ2n) is 10.4. The molecule has 1 aromatic heterocycles. The van der Waals surface area contributed by atoms with Gasteiger partial charge >= 0.3 is 0 Å². The van der Waals surface area contributed by atoms with E-state index in [1.54, 1.807) is 0 Å². The summed E-state index contributed by atoms with van der Waals surface area (Å²) >= 11 is 0. The maximum absolute atomic E-state index is 9.41. The summed E-state index contributed by atoms with van der Waals surface area (Å²) < 4.78 is 103. The summed E-state index contributed by atoms with van der Waals surface area (Å²) in [5, 5.41) is 4.25. The topological polar surface area (TPSA) is 13.1 Å². The van der Waals surface area contributed by atoms with Crippen molar-refractivity contribution in [3.63, 3.8) is 0 Å². The molecule has 0 bridgehead atoms. The minimum absolute atomic E-state index is 0.0199. The first-order valence-corrected chi connectivity index (χ1v) is 13.9. The number of benzene rings is 8. The predicted octanol–water partition coefficient (Wildman–Crippen LogP) is 12.0. The Hall–Kier alpha value is -5.66. The quantitative estimate of drug-likeness (QED) is 0.197. The molecule has 1 heterocycles. The van der Waals surface area contributed by atoms with Gasteiger partial charge in [0.25, 0.3) is 0 Å². The van der Waals surface area contributed by atoms with Crippen LogP contribution in [0.4, 0.5) is 0 Å². The molecule has 0 saturated carbocycles. The third kappa shape index (κ3) is 3.72. The summed E-state index contributed by atoms with van der Waals surface area (Å²) in [6, 6.07) is 22.9. The Morgan fingerprint density at radius 3 is 1.70 bits per heavy atom. The third-order valence-electron chi connectivity index (χ3n) is 7.98. The number of para-hydroxylation sites is 1. The van der Waals surface area contributed by atoms with E-state index in [2.05, 4.69) is 0 Å². The highest BCUT2D eigenvalue weighted by molar-refractivity contribution is 6.25. The molecule has 0 saturated heterocycles. The lowest BCUT2D eigenvalue weighted by Crippen LogP contribution is -1.91. The average Bonchev–Trinajstić information content (AvgIpc) is 3.57. The maximum atomic E-state index is 9.41. The molecule has 1 nitrogen and oxygen atoms in total. The lowest BCUT2D eigenvalue weighted by Gasteiger charge is -2.18. The first-order valence-electron chi connectivity index (χ1n) is 19.4. The van der Waals surface area contributed by atoms with E-state index in [-0.39, 0.29) is 16.3 Å². The van der Waals surface area contributed by atoms with Gasteiger partial charge in [-0.05, 0) is 83.9 Å². The normalized spacial score (nSPS) is 15.3. The van der Waals surface area contributed by atoms with E-state index in [0.29, 0.717) is 16.3 Å². The molecule has 0 aliphatic rings. The van der Waals surface area contributed by atoms with Crippen LogP contribution in [0.2, 0.25) is 0 Å². The highest BCUT2D eigenvalue weighted by atomic mass is 16.3. The number of rotatable bonds is 3. The lowest BCUT2D eigenvalue weighted by molar-refractivity contribution is 0.669. The molecule has 200 valence electrons. The Kier molecular flexibility index (Phi) is 3.41. The molecule has 9 rings (SSSR count). The van der Waals surface area contributed by atoms with Crippen molar-refractivity contribution < 1.29 is 19.5 Å². The lowest BCUT2D eigenvalue weighted by atomic mass is 9.84. The molecular weight excluding hydrogens is 520 g/mol. The van der Waals surface area contributed by atoms with Crippen LogP contribution in [0.3, 0.4) is 0 Å². The summed E-state index contributed by atoms with van der Waals surface area (Å²) in [5.74, 6) is 0. The monoisotopic (exact) mass is 557 g/mol. The summed E-state index contributed by atoms with van der Waals surface area (Å²) in [6.07, 6.45) is 0. The molecule has 0 aliphatic carbocycles. The Labute approximate surface area is 264 Å². The van der Waals surface area contributed by atoms with Crippen LogP contribution in [0.15, 0.2) is 162 Å². The molecule has 1 heteroatoms. The average molecular weight is 558 g/mol. The van der Waals surface area contributed by atoms with Gasteiger partial charge in [-0.25, -0.2) is 0 Å². The van der Waals surface area contributed by atoms with Crippen molar-refractivity contribution in [2.75, 3.05) is 0 Å². The van der Waals surface area contributed by atoms with Gasteiger partial charge in [0, 0.05) is 10.8 Å². The Morgan fingerprint density at radius 1 is 0.419 bits per heavy atom. The first kappa shape index (κ1) is 15.5. The number of hydrogen-bond donors (Lipinski definition) is 0. The first-order chi connectivity index (χ1) is 25.9. The van der Waals surface area contributed by atoms with Gasteiger partial charge in [0.2, 0.25) is 0 Å². The van der Waals surface area contributed by atoms with Gasteiger partial charge in [0.15, 0.2) is 0 Å². The van der Waals surface area contributed by atoms with Crippen LogP contribution < -0.4 is 0 Å². The standard InChI is InChI=1S/C42H26O/c1-2-11-30-26-31(25-22-27(30)10-1)28-20-23-29(24-21-28)40-32-12-3-5-14-34(32)41(35-15-6-4-13-33(35)40)37-17-9-19-39-42(37)36-16-7-8-18-38(36)43-39/h1-26H/i1D,2D,10D,11D,20D,21D,22D,23D,24D,25D,26D. The Bertz CT molecular complexity index is 3040. The van der Waals surface area contributed by atoms with Gasteiger partial charge < -0.3 is 4.42 Å². The van der Waals surface area contributed by atoms with Crippen LogP contribution in [-0.2, 0) is 0 Å². The summed E-state index contributed by atoms with van der Waals surface area (Å²) in [7, 11) is 0. The van der Waals surface area contributed by atoms with E-state index in [1.165, 1.54) is 0 Å². The van der Waals surface area contributed by atoms with Crippen molar-refractivity contribution in [2.24, 2.45) is 0 Å². The van der Waals surface area contributed by atoms with E-state index < -0.39 is 77.6 Å². The van der Waals surface area contributed by atoms with Gasteiger partial charge in [-0.1, -0.05) is 139 Å². The van der Waals surface area contributed by atoms with Crippen molar-refractivity contribution in [3.8, 4) is 33.4 Å². The van der Waals surface area contributed by atoms with Crippen molar-refractivity contribution in [1.29, 1.82) is 0 Å². The van der Waals surface area contributed by atoms with Crippen molar-refractivity contribution in [3.05, 3.63) is 157 Å². The fourth-order valence-electron chi connectivity index (χ4n) is 6.14. The highest BCUT2D eigenvalue weighted by Gasteiger charge is 2.20. The van der Waals surface area contributed by atoms with Crippen LogP contribution in [0.25, 0.3) is 87.6 Å². The molecule has 0 radical (unpaired) electrons. The predicted molar refractivity (Wildman–Crippen MR) is 183 cm³/mol. The van der Waals surface area contributed by atoms with Crippen LogP contribution in [-0.4, -0.2) is 0 Å². The minimum atomic E-state index is -0.632. The molecule has 0 N–H and O–H groups in total. The zero-order valence-electron chi connectivity index (χ0n) is 33.6. The molecule has 43 heavy (non-hydrogen) atoms. The summed E-state index contributed by atoms with van der Waals surface area (Å²) in [5.41, 5.74) is 3.01. The van der Waals surface area contributed by atoms with Crippen LogP contribution in [0.5, 0.6) is 0 Å². The third-order valence-corrected chi connectivity index (χ3v) is 7.98.